The molecule has 120 valence electrons. The molecular weight excluding hydrogens is 316 g/mol. The average molecular weight is 339 g/mol. The normalized spacial score (nSPS) is 10.8. The number of aryl methyl sites for hydroxylation is 1. The average Bonchev–Trinajstić information content (AvgIpc) is 2.99. The number of nitrogen functional groups attached to an aromatic ring is 1. The Morgan fingerprint density at radius 2 is 1.95 bits per heavy atom. The lowest BCUT2D eigenvalue weighted by Crippen LogP contribution is -2.36. The van der Waals surface area contributed by atoms with E-state index in [0.29, 0.717) is 19.4 Å². The van der Waals surface area contributed by atoms with Crippen LogP contribution in [-0.4, -0.2) is 12.5 Å². The molecule has 0 bridgehead atoms. The van der Waals surface area contributed by atoms with Gasteiger partial charge in [0.25, 0.3) is 0 Å². The van der Waals surface area contributed by atoms with Crippen molar-refractivity contribution in [3.05, 3.63) is 52.2 Å². The Morgan fingerprint density at radius 3 is 2.59 bits per heavy atom. The molecule has 1 aromatic carbocycles. The summed E-state index contributed by atoms with van der Waals surface area (Å²) in [7, 11) is 0. The summed E-state index contributed by atoms with van der Waals surface area (Å²) in [6.45, 7) is 4.94. The molecule has 5 heteroatoms. The number of rotatable bonds is 6. The SMILES string of the molecule is CC(C)(CNC(=O)CCc1ccccc1N)c1cccs1.Cl. The van der Waals surface area contributed by atoms with Crippen molar-refractivity contribution < 1.29 is 4.79 Å². The summed E-state index contributed by atoms with van der Waals surface area (Å²) in [5.74, 6) is 0.0721. The number of hydrogen-bond donors (Lipinski definition) is 2. The molecular formula is C17H23ClN2OS. The maximum atomic E-state index is 12.0. The van der Waals surface area contributed by atoms with Crippen LogP contribution in [0.3, 0.4) is 0 Å². The number of halogens is 1. The molecule has 0 unspecified atom stereocenters. The second kappa shape index (κ2) is 8.20. The summed E-state index contributed by atoms with van der Waals surface area (Å²) < 4.78 is 0. The molecule has 0 aliphatic heterocycles. The Balaban J connectivity index is 0.00000242. The van der Waals surface area contributed by atoms with Crippen molar-refractivity contribution in [1.82, 2.24) is 5.32 Å². The van der Waals surface area contributed by atoms with Crippen LogP contribution in [0.15, 0.2) is 41.8 Å². The van der Waals surface area contributed by atoms with Crippen LogP contribution in [0.2, 0.25) is 0 Å². The van der Waals surface area contributed by atoms with Crippen molar-refractivity contribution in [3.63, 3.8) is 0 Å². The van der Waals surface area contributed by atoms with E-state index in [1.165, 1.54) is 4.88 Å². The number of amides is 1. The topological polar surface area (TPSA) is 55.1 Å². The van der Waals surface area contributed by atoms with Crippen molar-refractivity contribution in [2.75, 3.05) is 12.3 Å². The van der Waals surface area contributed by atoms with Gasteiger partial charge in [-0.1, -0.05) is 38.1 Å². The summed E-state index contributed by atoms with van der Waals surface area (Å²) in [4.78, 5) is 13.3. The molecule has 1 aromatic heterocycles. The second-order valence-corrected chi connectivity index (χ2v) is 6.78. The standard InChI is InChI=1S/C17H22N2OS.ClH/c1-17(2,15-8-5-11-21-15)12-19-16(20)10-9-13-6-3-4-7-14(13)18;/h3-8,11H,9-10,12,18H2,1-2H3,(H,19,20);1H. The first-order valence-electron chi connectivity index (χ1n) is 7.13. The van der Waals surface area contributed by atoms with E-state index in [1.807, 2.05) is 30.3 Å². The van der Waals surface area contributed by atoms with E-state index < -0.39 is 0 Å². The highest BCUT2D eigenvalue weighted by atomic mass is 35.5. The molecule has 2 aromatic rings. The fraction of sp³-hybridized carbons (Fsp3) is 0.353. The van der Waals surface area contributed by atoms with Gasteiger partial charge in [-0.15, -0.1) is 23.7 Å². The van der Waals surface area contributed by atoms with E-state index in [9.17, 15) is 4.79 Å². The summed E-state index contributed by atoms with van der Waals surface area (Å²) in [6.07, 6.45) is 1.15. The largest absolute Gasteiger partial charge is 0.399 e. The summed E-state index contributed by atoms with van der Waals surface area (Å²) in [6, 6.07) is 11.8. The van der Waals surface area contributed by atoms with Gasteiger partial charge in [-0.05, 0) is 29.5 Å². The minimum Gasteiger partial charge on any atom is -0.399 e. The van der Waals surface area contributed by atoms with Crippen molar-refractivity contribution >= 4 is 35.3 Å². The lowest BCUT2D eigenvalue weighted by Gasteiger charge is -2.23. The molecule has 0 fully saturated rings. The zero-order chi connectivity index (χ0) is 15.3. The molecule has 0 aliphatic carbocycles. The number of hydrogen-bond acceptors (Lipinski definition) is 3. The molecule has 0 aliphatic rings. The molecule has 1 heterocycles. The van der Waals surface area contributed by atoms with Gasteiger partial charge in [0.05, 0.1) is 0 Å². The Hall–Kier alpha value is -1.52. The minimum atomic E-state index is -0.0321. The van der Waals surface area contributed by atoms with E-state index in [4.69, 9.17) is 5.73 Å². The zero-order valence-electron chi connectivity index (χ0n) is 13.0. The smallest absolute Gasteiger partial charge is 0.220 e. The van der Waals surface area contributed by atoms with Crippen LogP contribution in [0.1, 0.15) is 30.7 Å². The van der Waals surface area contributed by atoms with Gasteiger partial charge < -0.3 is 11.1 Å². The van der Waals surface area contributed by atoms with Crippen molar-refractivity contribution in [2.24, 2.45) is 0 Å². The van der Waals surface area contributed by atoms with Crippen LogP contribution in [0.4, 0.5) is 5.69 Å². The summed E-state index contributed by atoms with van der Waals surface area (Å²) >= 11 is 1.73. The van der Waals surface area contributed by atoms with E-state index in [0.717, 1.165) is 11.3 Å². The molecule has 1 amide bonds. The molecule has 0 atom stereocenters. The number of carbonyl (C=O) groups is 1. The zero-order valence-corrected chi connectivity index (χ0v) is 14.6. The fourth-order valence-corrected chi connectivity index (χ4v) is 3.02. The quantitative estimate of drug-likeness (QED) is 0.787. The maximum absolute atomic E-state index is 12.0. The second-order valence-electron chi connectivity index (χ2n) is 5.84. The van der Waals surface area contributed by atoms with Gasteiger partial charge in [-0.2, -0.15) is 0 Å². The fourth-order valence-electron chi connectivity index (χ4n) is 2.17. The third-order valence-electron chi connectivity index (χ3n) is 3.59. The van der Waals surface area contributed by atoms with Gasteiger partial charge in [-0.3, -0.25) is 4.79 Å². The van der Waals surface area contributed by atoms with Crippen molar-refractivity contribution in [3.8, 4) is 0 Å². The third-order valence-corrected chi connectivity index (χ3v) is 4.83. The van der Waals surface area contributed by atoms with Gasteiger partial charge in [0.15, 0.2) is 0 Å². The van der Waals surface area contributed by atoms with Gasteiger partial charge in [0.2, 0.25) is 5.91 Å². The number of nitrogens with one attached hydrogen (secondary N) is 1. The molecule has 0 spiro atoms. The molecule has 3 N–H and O–H groups in total. The summed E-state index contributed by atoms with van der Waals surface area (Å²) in [5.41, 5.74) is 7.64. The first-order valence-corrected chi connectivity index (χ1v) is 8.01. The van der Waals surface area contributed by atoms with Crippen LogP contribution >= 0.6 is 23.7 Å². The molecule has 0 saturated heterocycles. The van der Waals surface area contributed by atoms with E-state index in [2.05, 4.69) is 30.6 Å². The lowest BCUT2D eigenvalue weighted by atomic mass is 9.91. The number of anilines is 1. The van der Waals surface area contributed by atoms with Crippen LogP contribution in [-0.2, 0) is 16.6 Å². The molecule has 0 saturated carbocycles. The maximum Gasteiger partial charge on any atom is 0.220 e. The highest BCUT2D eigenvalue weighted by molar-refractivity contribution is 7.10. The molecule has 0 radical (unpaired) electrons. The van der Waals surface area contributed by atoms with Gasteiger partial charge in [-0.25, -0.2) is 0 Å². The van der Waals surface area contributed by atoms with Crippen LogP contribution < -0.4 is 11.1 Å². The number of nitrogens with two attached hydrogens (primary N) is 1. The number of para-hydroxylation sites is 1. The minimum absolute atomic E-state index is 0. The predicted octanol–water partition coefficient (Wildman–Crippen LogP) is 3.78. The Morgan fingerprint density at radius 1 is 1.23 bits per heavy atom. The van der Waals surface area contributed by atoms with Crippen LogP contribution in [0.5, 0.6) is 0 Å². The van der Waals surface area contributed by atoms with E-state index in [1.54, 1.807) is 11.3 Å². The highest BCUT2D eigenvalue weighted by Gasteiger charge is 2.22. The highest BCUT2D eigenvalue weighted by Crippen LogP contribution is 2.26. The monoisotopic (exact) mass is 338 g/mol. The molecule has 22 heavy (non-hydrogen) atoms. The number of benzene rings is 1. The van der Waals surface area contributed by atoms with Crippen LogP contribution in [0.25, 0.3) is 0 Å². The first kappa shape index (κ1) is 18.5. The number of carbonyl (C=O) groups excluding carboxylic acids is 1. The Bertz CT molecular complexity index is 596. The van der Waals surface area contributed by atoms with Crippen molar-refractivity contribution in [2.45, 2.75) is 32.1 Å². The van der Waals surface area contributed by atoms with Gasteiger partial charge in [0.1, 0.15) is 0 Å². The Labute approximate surface area is 142 Å². The van der Waals surface area contributed by atoms with Crippen molar-refractivity contribution in [1.29, 1.82) is 0 Å². The first-order chi connectivity index (χ1) is 9.99. The van der Waals surface area contributed by atoms with E-state index in [-0.39, 0.29) is 23.7 Å². The lowest BCUT2D eigenvalue weighted by molar-refractivity contribution is -0.121. The third kappa shape index (κ3) is 5.04. The van der Waals surface area contributed by atoms with E-state index >= 15 is 0 Å². The van der Waals surface area contributed by atoms with Gasteiger partial charge >= 0.3 is 0 Å². The summed E-state index contributed by atoms with van der Waals surface area (Å²) in [5, 5.41) is 5.09. The Kier molecular flexibility index (Phi) is 6.91. The van der Waals surface area contributed by atoms with Gasteiger partial charge in [0, 0.05) is 28.9 Å². The molecule has 2 rings (SSSR count). The molecule has 3 nitrogen and oxygen atoms in total. The predicted molar refractivity (Wildman–Crippen MR) is 96.8 cm³/mol. The number of thiophene rings is 1. The van der Waals surface area contributed by atoms with Crippen LogP contribution in [0, 0.1) is 0 Å².